The lowest BCUT2D eigenvalue weighted by Gasteiger charge is -2.28. The third kappa shape index (κ3) is 5.25. The Morgan fingerprint density at radius 1 is 1.00 bits per heavy atom. The van der Waals surface area contributed by atoms with Crippen LogP contribution in [-0.4, -0.2) is 35.1 Å². The van der Waals surface area contributed by atoms with Crippen LogP contribution in [0.2, 0.25) is 0 Å². The van der Waals surface area contributed by atoms with E-state index in [4.69, 9.17) is 4.98 Å². The fourth-order valence-corrected chi connectivity index (χ4v) is 7.59. The number of sulfonamides is 1. The van der Waals surface area contributed by atoms with Crippen molar-refractivity contribution in [1.82, 2.24) is 14.3 Å². The van der Waals surface area contributed by atoms with Gasteiger partial charge in [0.25, 0.3) is 5.91 Å². The Balaban J connectivity index is 1.29. The highest BCUT2D eigenvalue weighted by Gasteiger charge is 2.29. The van der Waals surface area contributed by atoms with Gasteiger partial charge in [0, 0.05) is 35.5 Å². The van der Waals surface area contributed by atoms with Crippen molar-refractivity contribution in [2.24, 2.45) is 0 Å². The number of fused-ring (bicyclic) bond motifs is 2. The maximum atomic E-state index is 13.8. The molecule has 1 aliphatic rings. The van der Waals surface area contributed by atoms with Crippen LogP contribution in [0.15, 0.2) is 101 Å². The molecular weight excluding hydrogens is 596 g/mol. The number of rotatable bonds is 6. The second-order valence-electron chi connectivity index (χ2n) is 9.24. The van der Waals surface area contributed by atoms with Crippen LogP contribution in [-0.2, 0) is 29.5 Å². The van der Waals surface area contributed by atoms with Gasteiger partial charge in [0.2, 0.25) is 10.0 Å². The minimum absolute atomic E-state index is 0.169. The third-order valence-electron chi connectivity index (χ3n) is 6.71. The second-order valence-corrected chi connectivity index (χ2v) is 13.1. The lowest BCUT2D eigenvalue weighted by molar-refractivity contribution is 0.0985. The van der Waals surface area contributed by atoms with E-state index in [0.717, 1.165) is 25.8 Å². The summed E-state index contributed by atoms with van der Waals surface area (Å²) >= 11 is 4.92. The number of hydrogen-bond donors (Lipinski definition) is 0. The van der Waals surface area contributed by atoms with E-state index in [0.29, 0.717) is 30.2 Å². The topological polar surface area (TPSA) is 83.5 Å². The van der Waals surface area contributed by atoms with Crippen LogP contribution in [0.5, 0.6) is 0 Å². The predicted octanol–water partition coefficient (Wildman–Crippen LogP) is 6.05. The first-order chi connectivity index (χ1) is 18.9. The van der Waals surface area contributed by atoms with E-state index < -0.39 is 10.0 Å². The normalized spacial score (nSPS) is 13.8. The standard InChI is InChI=1S/C29H23BrN4O3S2/c30-24-9-12-26-27(16-24)38-29(32-26)34(18-20-4-3-14-31-17-20)28(35)22-7-10-25(11-8-22)39(36,37)33-15-13-21-5-1-2-6-23(21)19-33/h1-12,14,16-17H,13,15,18-19H2. The van der Waals surface area contributed by atoms with Crippen LogP contribution >= 0.6 is 27.3 Å². The Hall–Kier alpha value is -3.44. The minimum atomic E-state index is -3.70. The van der Waals surface area contributed by atoms with Crippen LogP contribution in [0.3, 0.4) is 0 Å². The van der Waals surface area contributed by atoms with Gasteiger partial charge in [-0.15, -0.1) is 0 Å². The summed E-state index contributed by atoms with van der Waals surface area (Å²) in [7, 11) is -3.70. The van der Waals surface area contributed by atoms with Crippen LogP contribution in [0.25, 0.3) is 10.2 Å². The van der Waals surface area contributed by atoms with Crippen molar-refractivity contribution in [1.29, 1.82) is 0 Å². The molecule has 0 N–H and O–H groups in total. The minimum Gasteiger partial charge on any atom is -0.279 e. The average molecular weight is 620 g/mol. The number of carbonyl (C=O) groups excluding carboxylic acids is 1. The molecule has 1 amide bonds. The van der Waals surface area contributed by atoms with Gasteiger partial charge < -0.3 is 0 Å². The summed E-state index contributed by atoms with van der Waals surface area (Å²) in [5.41, 5.74) is 4.23. The van der Waals surface area contributed by atoms with Crippen molar-refractivity contribution in [3.8, 4) is 0 Å². The molecule has 0 spiro atoms. The molecule has 0 atom stereocenters. The third-order valence-corrected chi connectivity index (χ3v) is 10.1. The molecule has 0 fully saturated rings. The highest BCUT2D eigenvalue weighted by Crippen LogP contribution is 2.33. The molecule has 39 heavy (non-hydrogen) atoms. The Morgan fingerprint density at radius 3 is 2.56 bits per heavy atom. The van der Waals surface area contributed by atoms with E-state index in [1.54, 1.807) is 29.4 Å². The fraction of sp³-hybridized carbons (Fsp3) is 0.138. The molecule has 2 aromatic heterocycles. The number of halogens is 1. The Kier molecular flexibility index (Phi) is 7.03. The number of nitrogens with zero attached hydrogens (tertiary/aromatic N) is 4. The molecule has 6 rings (SSSR count). The van der Waals surface area contributed by atoms with Gasteiger partial charge in [-0.25, -0.2) is 13.4 Å². The molecule has 0 saturated carbocycles. The van der Waals surface area contributed by atoms with Crippen molar-refractivity contribution in [3.05, 3.63) is 118 Å². The van der Waals surface area contributed by atoms with Gasteiger partial charge in [0.15, 0.2) is 5.13 Å². The summed E-state index contributed by atoms with van der Waals surface area (Å²) in [6, 6.07) is 23.6. The Labute approximate surface area is 238 Å². The molecule has 10 heteroatoms. The molecule has 0 bridgehead atoms. The molecule has 196 valence electrons. The summed E-state index contributed by atoms with van der Waals surface area (Å²) in [6.45, 7) is 1.04. The highest BCUT2D eigenvalue weighted by molar-refractivity contribution is 9.10. The van der Waals surface area contributed by atoms with E-state index >= 15 is 0 Å². The highest BCUT2D eigenvalue weighted by atomic mass is 79.9. The molecule has 5 aromatic rings. The number of carbonyl (C=O) groups is 1. The number of anilines is 1. The monoisotopic (exact) mass is 618 g/mol. The van der Waals surface area contributed by atoms with Crippen LogP contribution in [0.4, 0.5) is 5.13 Å². The first-order valence-corrected chi connectivity index (χ1v) is 15.4. The fourth-order valence-electron chi connectivity index (χ4n) is 4.65. The SMILES string of the molecule is O=C(c1ccc(S(=O)(=O)N2CCc3ccccc3C2)cc1)N(Cc1cccnc1)c1nc2ccc(Br)cc2s1. The number of thiazole rings is 1. The molecular formula is C29H23BrN4O3S2. The van der Waals surface area contributed by atoms with Gasteiger partial charge in [0.1, 0.15) is 0 Å². The van der Waals surface area contributed by atoms with E-state index in [1.165, 1.54) is 33.3 Å². The first kappa shape index (κ1) is 25.8. The molecule has 1 aliphatic heterocycles. The molecule has 0 radical (unpaired) electrons. The van der Waals surface area contributed by atoms with Crippen molar-refractivity contribution in [3.63, 3.8) is 0 Å². The Bertz CT molecular complexity index is 1770. The first-order valence-electron chi connectivity index (χ1n) is 12.3. The van der Waals surface area contributed by atoms with E-state index in [9.17, 15) is 13.2 Å². The number of pyridine rings is 1. The predicted molar refractivity (Wildman–Crippen MR) is 156 cm³/mol. The zero-order valence-corrected chi connectivity index (χ0v) is 23.9. The number of hydrogen-bond acceptors (Lipinski definition) is 6. The van der Waals surface area contributed by atoms with Gasteiger partial charge in [0.05, 0.1) is 21.7 Å². The van der Waals surface area contributed by atoms with Gasteiger partial charge in [-0.2, -0.15) is 4.31 Å². The summed E-state index contributed by atoms with van der Waals surface area (Å²) in [5.74, 6) is -0.271. The van der Waals surface area contributed by atoms with Gasteiger partial charge >= 0.3 is 0 Å². The lowest BCUT2D eigenvalue weighted by atomic mass is 10.0. The van der Waals surface area contributed by atoms with E-state index in [1.807, 2.05) is 54.6 Å². The quantitative estimate of drug-likeness (QED) is 0.231. The zero-order chi connectivity index (χ0) is 27.0. The molecule has 3 aromatic carbocycles. The maximum Gasteiger partial charge on any atom is 0.260 e. The largest absolute Gasteiger partial charge is 0.279 e. The molecule has 7 nitrogen and oxygen atoms in total. The molecule has 0 aliphatic carbocycles. The number of amides is 1. The zero-order valence-electron chi connectivity index (χ0n) is 20.7. The summed E-state index contributed by atoms with van der Waals surface area (Å²) in [5, 5.41) is 0.556. The van der Waals surface area contributed by atoms with Gasteiger partial charge in [-0.3, -0.25) is 14.7 Å². The molecule has 0 unspecified atom stereocenters. The summed E-state index contributed by atoms with van der Waals surface area (Å²) in [6.07, 6.45) is 4.08. The van der Waals surface area contributed by atoms with Crippen LogP contribution < -0.4 is 4.90 Å². The summed E-state index contributed by atoms with van der Waals surface area (Å²) in [4.78, 5) is 24.5. The number of benzene rings is 3. The average Bonchev–Trinajstić information content (AvgIpc) is 3.39. The molecule has 0 saturated heterocycles. The van der Waals surface area contributed by atoms with E-state index in [-0.39, 0.29) is 17.3 Å². The maximum absolute atomic E-state index is 13.8. The van der Waals surface area contributed by atoms with Crippen molar-refractivity contribution in [2.45, 2.75) is 24.4 Å². The van der Waals surface area contributed by atoms with Crippen molar-refractivity contribution < 1.29 is 13.2 Å². The van der Waals surface area contributed by atoms with Crippen molar-refractivity contribution >= 4 is 58.5 Å². The van der Waals surface area contributed by atoms with Crippen LogP contribution in [0, 0.1) is 0 Å². The summed E-state index contributed by atoms with van der Waals surface area (Å²) < 4.78 is 30.2. The van der Waals surface area contributed by atoms with Crippen molar-refractivity contribution in [2.75, 3.05) is 11.4 Å². The van der Waals surface area contributed by atoms with Gasteiger partial charge in [-0.1, -0.05) is 57.6 Å². The second kappa shape index (κ2) is 10.6. The number of aromatic nitrogens is 2. The molecule has 3 heterocycles. The Morgan fingerprint density at radius 2 is 1.79 bits per heavy atom. The van der Waals surface area contributed by atoms with E-state index in [2.05, 4.69) is 20.9 Å². The smallest absolute Gasteiger partial charge is 0.260 e. The lowest BCUT2D eigenvalue weighted by Crippen LogP contribution is -2.36. The van der Waals surface area contributed by atoms with Crippen LogP contribution in [0.1, 0.15) is 27.0 Å². The van der Waals surface area contributed by atoms with Gasteiger partial charge in [-0.05, 0) is 71.6 Å².